The number of anilines is 1. The molecule has 1 aliphatic rings. The van der Waals surface area contributed by atoms with Gasteiger partial charge in [-0.1, -0.05) is 18.7 Å². The molecule has 0 atom stereocenters. The SMILES string of the molecule is C=C/C=C\N=C(C)CNC(=O)Nc1ccc(-c2cnc(C3CCC(NC(=O)OC(C)(C)C)CC3)s2)c(S(=O)(=O)NC(C)(C)C)c1. The molecule has 3 amide bonds. The maximum absolute atomic E-state index is 13.6. The summed E-state index contributed by atoms with van der Waals surface area (Å²) in [6.07, 6.45) is 9.46. The van der Waals surface area contributed by atoms with Crippen LogP contribution in [0.25, 0.3) is 10.4 Å². The molecule has 1 heterocycles. The molecule has 11 nitrogen and oxygen atoms in total. The van der Waals surface area contributed by atoms with Crippen LogP contribution in [0.15, 0.2) is 59.2 Å². The predicted octanol–water partition coefficient (Wildman–Crippen LogP) is 6.72. The third-order valence-corrected chi connectivity index (χ3v) is 9.57. The van der Waals surface area contributed by atoms with Crippen LogP contribution in [0.3, 0.4) is 0 Å². The lowest BCUT2D eigenvalue weighted by Crippen LogP contribution is -2.40. The Kier molecular flexibility index (Phi) is 12.1. The van der Waals surface area contributed by atoms with E-state index >= 15 is 0 Å². The normalized spacial score (nSPS) is 18.0. The predicted molar refractivity (Wildman–Crippen MR) is 181 cm³/mol. The van der Waals surface area contributed by atoms with Crippen molar-refractivity contribution in [1.82, 2.24) is 20.3 Å². The number of allylic oxidation sites excluding steroid dienone is 2. The topological polar surface area (TPSA) is 151 Å². The number of aliphatic imine (C=N–C) groups is 1. The Morgan fingerprint density at radius 2 is 1.82 bits per heavy atom. The summed E-state index contributed by atoms with van der Waals surface area (Å²) in [5.74, 6) is 0.206. The van der Waals surface area contributed by atoms with Gasteiger partial charge in [0.25, 0.3) is 0 Å². The summed E-state index contributed by atoms with van der Waals surface area (Å²) in [6.45, 7) is 16.4. The molecule has 0 spiro atoms. The fraction of sp³-hybridized carbons (Fsp3) is 0.500. The van der Waals surface area contributed by atoms with Gasteiger partial charge in [0.2, 0.25) is 10.0 Å². The first-order valence-electron chi connectivity index (χ1n) is 14.9. The van der Waals surface area contributed by atoms with Gasteiger partial charge in [0.15, 0.2) is 0 Å². The van der Waals surface area contributed by atoms with E-state index < -0.39 is 33.3 Å². The van der Waals surface area contributed by atoms with E-state index in [0.717, 1.165) is 30.7 Å². The molecule has 1 fully saturated rings. The maximum Gasteiger partial charge on any atom is 0.407 e. The number of nitrogens with one attached hydrogen (secondary N) is 4. The number of urea groups is 1. The van der Waals surface area contributed by atoms with E-state index in [-0.39, 0.29) is 23.4 Å². The molecule has 0 aliphatic heterocycles. The monoisotopic (exact) mass is 658 g/mol. The van der Waals surface area contributed by atoms with Crippen LogP contribution in [0.4, 0.5) is 15.3 Å². The fourth-order valence-corrected chi connectivity index (χ4v) is 7.56. The maximum atomic E-state index is 13.6. The molecule has 13 heteroatoms. The number of sulfonamides is 1. The van der Waals surface area contributed by atoms with Crippen LogP contribution in [-0.4, -0.2) is 55.0 Å². The number of ether oxygens (including phenoxy) is 1. The van der Waals surface area contributed by atoms with Gasteiger partial charge in [0.1, 0.15) is 5.60 Å². The van der Waals surface area contributed by atoms with E-state index in [0.29, 0.717) is 21.8 Å². The molecule has 0 saturated heterocycles. The zero-order valence-corrected chi connectivity index (χ0v) is 28.8. The van der Waals surface area contributed by atoms with E-state index in [2.05, 4.69) is 37.2 Å². The van der Waals surface area contributed by atoms with Crippen LogP contribution in [0.1, 0.15) is 85.1 Å². The highest BCUT2D eigenvalue weighted by Crippen LogP contribution is 2.40. The Morgan fingerprint density at radius 1 is 1.13 bits per heavy atom. The number of carbonyl (C=O) groups excluding carboxylic acids is 2. The van der Waals surface area contributed by atoms with E-state index in [1.807, 2.05) is 20.8 Å². The summed E-state index contributed by atoms with van der Waals surface area (Å²) in [6, 6.07) is 4.38. The van der Waals surface area contributed by atoms with Gasteiger partial charge in [-0.2, -0.15) is 0 Å². The molecule has 0 bridgehead atoms. The molecule has 1 aliphatic carbocycles. The molecular formula is C32H46N6O5S2. The average Bonchev–Trinajstić information content (AvgIpc) is 3.40. The lowest BCUT2D eigenvalue weighted by molar-refractivity contribution is 0.0491. The Morgan fingerprint density at radius 3 is 2.44 bits per heavy atom. The minimum Gasteiger partial charge on any atom is -0.444 e. The second-order valence-electron chi connectivity index (χ2n) is 13.1. The van der Waals surface area contributed by atoms with Crippen molar-refractivity contribution in [3.05, 3.63) is 54.3 Å². The van der Waals surface area contributed by atoms with Crippen molar-refractivity contribution in [1.29, 1.82) is 0 Å². The van der Waals surface area contributed by atoms with Gasteiger partial charge < -0.3 is 20.7 Å². The van der Waals surface area contributed by atoms with E-state index in [1.54, 1.807) is 64.4 Å². The molecule has 1 saturated carbocycles. The summed E-state index contributed by atoms with van der Waals surface area (Å²) in [5, 5.41) is 9.33. The summed E-state index contributed by atoms with van der Waals surface area (Å²) in [5.41, 5.74) is 0.237. The number of hydrogen-bond acceptors (Lipinski definition) is 8. The number of amides is 3. The first-order chi connectivity index (χ1) is 21.0. The standard InChI is InChI=1S/C32H46N6O5S2/c1-9-10-17-33-21(2)19-35-29(39)36-24-15-16-25(27(18-24)45(41,42)38-31(3,4)5)26-20-34-28(44-26)22-11-13-23(14-12-22)37-30(40)43-32(6,7)8/h9-10,15-18,20,22-23,38H,1,11-14,19H2,2-8H3,(H,37,40)(H2,35,36,39)/b17-10-,33-21?. The molecule has 45 heavy (non-hydrogen) atoms. The molecule has 2 aromatic rings. The van der Waals surface area contributed by atoms with Gasteiger partial charge in [-0.3, -0.25) is 4.99 Å². The van der Waals surface area contributed by atoms with Crippen LogP contribution in [0.5, 0.6) is 0 Å². The first-order valence-corrected chi connectivity index (χ1v) is 17.2. The number of carbonyl (C=O) groups is 2. The molecule has 0 unspecified atom stereocenters. The van der Waals surface area contributed by atoms with Gasteiger partial charge in [-0.15, -0.1) is 11.3 Å². The van der Waals surface area contributed by atoms with Crippen molar-refractivity contribution < 1.29 is 22.7 Å². The highest BCUT2D eigenvalue weighted by atomic mass is 32.2. The van der Waals surface area contributed by atoms with Crippen molar-refractivity contribution >= 4 is 44.9 Å². The second-order valence-corrected chi connectivity index (χ2v) is 15.8. The van der Waals surface area contributed by atoms with Crippen molar-refractivity contribution in [3.63, 3.8) is 0 Å². The van der Waals surface area contributed by atoms with Crippen LogP contribution in [-0.2, 0) is 14.8 Å². The lowest BCUT2D eigenvalue weighted by Gasteiger charge is -2.29. The Bertz CT molecular complexity index is 1530. The number of rotatable bonds is 10. The largest absolute Gasteiger partial charge is 0.444 e. The Hall–Kier alpha value is -3.55. The number of aromatic nitrogens is 1. The minimum absolute atomic E-state index is 0.0401. The van der Waals surface area contributed by atoms with Gasteiger partial charge in [-0.25, -0.2) is 27.7 Å². The lowest BCUT2D eigenvalue weighted by atomic mass is 9.86. The molecule has 1 aromatic carbocycles. The number of nitrogens with zero attached hydrogens (tertiary/aromatic N) is 2. The summed E-state index contributed by atoms with van der Waals surface area (Å²) in [4.78, 5) is 34.4. The molecular weight excluding hydrogens is 613 g/mol. The Balaban J connectivity index is 1.78. The van der Waals surface area contributed by atoms with Crippen LogP contribution in [0, 0.1) is 0 Å². The number of hydrogen-bond donors (Lipinski definition) is 4. The van der Waals surface area contributed by atoms with Crippen molar-refractivity contribution in [2.45, 2.75) is 102 Å². The van der Waals surface area contributed by atoms with Gasteiger partial charge in [0.05, 0.1) is 21.3 Å². The molecule has 4 N–H and O–H groups in total. The second kappa shape index (κ2) is 15.2. The highest BCUT2D eigenvalue weighted by Gasteiger charge is 2.29. The first kappa shape index (κ1) is 35.9. The van der Waals surface area contributed by atoms with E-state index in [4.69, 9.17) is 4.74 Å². The van der Waals surface area contributed by atoms with Crippen LogP contribution in [0.2, 0.25) is 0 Å². The number of benzene rings is 1. The van der Waals surface area contributed by atoms with Crippen LogP contribution < -0.4 is 20.7 Å². The van der Waals surface area contributed by atoms with E-state index in [1.165, 1.54) is 17.4 Å². The van der Waals surface area contributed by atoms with Crippen molar-refractivity contribution in [2.75, 3.05) is 11.9 Å². The molecule has 0 radical (unpaired) electrons. The quantitative estimate of drug-likeness (QED) is 0.164. The summed E-state index contributed by atoms with van der Waals surface area (Å²) in [7, 11) is -3.97. The molecule has 1 aromatic heterocycles. The van der Waals surface area contributed by atoms with Gasteiger partial charge in [0, 0.05) is 46.9 Å². The summed E-state index contributed by atoms with van der Waals surface area (Å²) < 4.78 is 35.3. The summed E-state index contributed by atoms with van der Waals surface area (Å²) >= 11 is 1.46. The minimum atomic E-state index is -3.97. The molecule has 3 rings (SSSR count). The third-order valence-electron chi connectivity index (χ3n) is 6.58. The van der Waals surface area contributed by atoms with Gasteiger partial charge >= 0.3 is 12.1 Å². The number of thiazole rings is 1. The zero-order chi connectivity index (χ0) is 33.4. The number of alkyl carbamates (subject to hydrolysis) is 1. The smallest absolute Gasteiger partial charge is 0.407 e. The Labute approximate surface area is 271 Å². The fourth-order valence-electron chi connectivity index (χ4n) is 4.70. The molecule has 246 valence electrons. The average molecular weight is 659 g/mol. The van der Waals surface area contributed by atoms with Crippen LogP contribution >= 0.6 is 11.3 Å². The van der Waals surface area contributed by atoms with Crippen molar-refractivity contribution in [2.24, 2.45) is 4.99 Å². The third kappa shape index (κ3) is 11.7. The van der Waals surface area contributed by atoms with Crippen molar-refractivity contribution in [3.8, 4) is 10.4 Å². The zero-order valence-electron chi connectivity index (χ0n) is 27.2. The highest BCUT2D eigenvalue weighted by molar-refractivity contribution is 7.89. The van der Waals surface area contributed by atoms with Gasteiger partial charge in [-0.05, 0) is 92.4 Å². The van der Waals surface area contributed by atoms with E-state index in [9.17, 15) is 18.0 Å².